The van der Waals surface area contributed by atoms with Gasteiger partial charge >= 0.3 is 0 Å². The molecular formula is C15H21N3O2. The van der Waals surface area contributed by atoms with Crippen LogP contribution < -0.4 is 15.4 Å². The number of amides is 1. The summed E-state index contributed by atoms with van der Waals surface area (Å²) in [6, 6.07) is 4.43. The van der Waals surface area contributed by atoms with Crippen molar-refractivity contribution in [3.05, 3.63) is 36.7 Å². The third-order valence-corrected chi connectivity index (χ3v) is 3.05. The van der Waals surface area contributed by atoms with Crippen molar-refractivity contribution in [1.82, 2.24) is 15.6 Å². The minimum absolute atomic E-state index is 0.163. The van der Waals surface area contributed by atoms with Crippen molar-refractivity contribution in [3.8, 4) is 5.75 Å². The highest BCUT2D eigenvalue weighted by atomic mass is 16.5. The average Bonchev–Trinajstić information content (AvgIpc) is 3.28. The average molecular weight is 275 g/mol. The molecule has 1 aromatic heterocycles. The Bertz CT molecular complexity index is 455. The highest BCUT2D eigenvalue weighted by Crippen LogP contribution is 2.19. The van der Waals surface area contributed by atoms with Crippen LogP contribution in [0.25, 0.3) is 0 Å². The van der Waals surface area contributed by atoms with Crippen molar-refractivity contribution in [2.75, 3.05) is 6.54 Å². The van der Waals surface area contributed by atoms with E-state index in [1.54, 1.807) is 19.2 Å². The van der Waals surface area contributed by atoms with Crippen LogP contribution in [0.4, 0.5) is 0 Å². The fraction of sp³-hybridized carbons (Fsp3) is 0.467. The molecule has 5 heteroatoms. The fourth-order valence-electron chi connectivity index (χ4n) is 1.70. The molecule has 1 heterocycles. The number of aromatic nitrogens is 1. The smallest absolute Gasteiger partial charge is 0.261 e. The minimum Gasteiger partial charge on any atom is -0.479 e. The molecule has 1 fully saturated rings. The first-order valence-electron chi connectivity index (χ1n) is 6.92. The normalized spacial score (nSPS) is 15.4. The van der Waals surface area contributed by atoms with Gasteiger partial charge in [-0.1, -0.05) is 6.08 Å². The van der Waals surface area contributed by atoms with Gasteiger partial charge in [-0.25, -0.2) is 0 Å². The monoisotopic (exact) mass is 275 g/mol. The lowest BCUT2D eigenvalue weighted by Gasteiger charge is -2.14. The summed E-state index contributed by atoms with van der Waals surface area (Å²) in [5.41, 5.74) is 0.980. The third-order valence-electron chi connectivity index (χ3n) is 3.05. The zero-order chi connectivity index (χ0) is 14.4. The molecule has 0 aromatic carbocycles. The number of carbonyl (C=O) groups is 1. The summed E-state index contributed by atoms with van der Waals surface area (Å²) in [7, 11) is 0. The summed E-state index contributed by atoms with van der Waals surface area (Å²) in [5, 5.41) is 6.09. The predicted molar refractivity (Wildman–Crippen MR) is 77.4 cm³/mol. The molecule has 0 saturated heterocycles. The number of carbonyl (C=O) groups excluding carboxylic acids is 1. The van der Waals surface area contributed by atoms with Gasteiger partial charge in [-0.3, -0.25) is 9.78 Å². The molecule has 1 atom stereocenters. The number of rotatable bonds is 8. The van der Waals surface area contributed by atoms with Gasteiger partial charge in [0.2, 0.25) is 0 Å². The summed E-state index contributed by atoms with van der Waals surface area (Å²) >= 11 is 0. The molecule has 5 nitrogen and oxygen atoms in total. The van der Waals surface area contributed by atoms with Crippen LogP contribution in [0.5, 0.6) is 5.75 Å². The lowest BCUT2D eigenvalue weighted by Crippen LogP contribution is -2.36. The van der Waals surface area contributed by atoms with E-state index in [4.69, 9.17) is 4.74 Å². The lowest BCUT2D eigenvalue weighted by molar-refractivity contribution is -0.127. The summed E-state index contributed by atoms with van der Waals surface area (Å²) in [6.07, 6.45) is 5.26. The van der Waals surface area contributed by atoms with E-state index in [9.17, 15) is 4.79 Å². The zero-order valence-corrected chi connectivity index (χ0v) is 11.8. The molecular weight excluding hydrogens is 254 g/mol. The van der Waals surface area contributed by atoms with Gasteiger partial charge < -0.3 is 15.4 Å². The summed E-state index contributed by atoms with van der Waals surface area (Å²) < 4.78 is 5.54. The van der Waals surface area contributed by atoms with E-state index in [1.165, 1.54) is 12.8 Å². The van der Waals surface area contributed by atoms with E-state index in [0.717, 1.165) is 12.2 Å². The Morgan fingerprint density at radius 1 is 1.60 bits per heavy atom. The van der Waals surface area contributed by atoms with Crippen LogP contribution in [-0.4, -0.2) is 29.6 Å². The van der Waals surface area contributed by atoms with Crippen LogP contribution in [0.1, 0.15) is 25.5 Å². The topological polar surface area (TPSA) is 63.2 Å². The quantitative estimate of drug-likeness (QED) is 0.704. The molecule has 0 radical (unpaired) electrons. The van der Waals surface area contributed by atoms with Crippen molar-refractivity contribution in [2.24, 2.45) is 0 Å². The van der Waals surface area contributed by atoms with Gasteiger partial charge in [0.05, 0.1) is 11.9 Å². The van der Waals surface area contributed by atoms with E-state index in [-0.39, 0.29) is 5.91 Å². The van der Waals surface area contributed by atoms with E-state index >= 15 is 0 Å². The maximum absolute atomic E-state index is 11.6. The van der Waals surface area contributed by atoms with Gasteiger partial charge in [0.15, 0.2) is 6.10 Å². The Kier molecular flexibility index (Phi) is 5.12. The van der Waals surface area contributed by atoms with E-state index in [0.29, 0.717) is 18.3 Å². The largest absolute Gasteiger partial charge is 0.479 e. The molecule has 20 heavy (non-hydrogen) atoms. The predicted octanol–water partition coefficient (Wildman–Crippen LogP) is 1.40. The van der Waals surface area contributed by atoms with E-state index < -0.39 is 6.10 Å². The van der Waals surface area contributed by atoms with Gasteiger partial charge in [0, 0.05) is 19.1 Å². The van der Waals surface area contributed by atoms with Gasteiger partial charge in [0.1, 0.15) is 5.75 Å². The van der Waals surface area contributed by atoms with E-state index in [2.05, 4.69) is 22.2 Å². The van der Waals surface area contributed by atoms with Gasteiger partial charge in [-0.2, -0.15) is 0 Å². The first kappa shape index (κ1) is 14.5. The first-order valence-corrected chi connectivity index (χ1v) is 6.92. The number of ether oxygens (including phenoxy) is 1. The molecule has 0 spiro atoms. The number of nitrogens with one attached hydrogen (secondary N) is 2. The zero-order valence-electron chi connectivity index (χ0n) is 11.8. The second-order valence-corrected chi connectivity index (χ2v) is 4.93. The van der Waals surface area contributed by atoms with Gasteiger partial charge in [0.25, 0.3) is 5.91 Å². The Balaban J connectivity index is 1.79. The third kappa shape index (κ3) is 4.66. The summed E-state index contributed by atoms with van der Waals surface area (Å²) in [5.74, 6) is 0.436. The number of hydrogen-bond donors (Lipinski definition) is 2. The van der Waals surface area contributed by atoms with E-state index in [1.807, 2.05) is 12.1 Å². The van der Waals surface area contributed by atoms with Crippen molar-refractivity contribution < 1.29 is 9.53 Å². The second-order valence-electron chi connectivity index (χ2n) is 4.93. The van der Waals surface area contributed by atoms with Crippen molar-refractivity contribution >= 4 is 5.91 Å². The van der Waals surface area contributed by atoms with Gasteiger partial charge in [-0.05, 0) is 31.9 Å². The SMILES string of the molecule is C=CCNC(=O)C(C)Oc1ccc(CNC2CC2)nc1. The molecule has 0 bridgehead atoms. The number of pyridine rings is 1. The van der Waals surface area contributed by atoms with Crippen LogP contribution in [0, 0.1) is 0 Å². The fourth-order valence-corrected chi connectivity index (χ4v) is 1.70. The van der Waals surface area contributed by atoms with Crippen LogP contribution in [-0.2, 0) is 11.3 Å². The summed E-state index contributed by atoms with van der Waals surface area (Å²) in [4.78, 5) is 16.0. The van der Waals surface area contributed by atoms with Crippen LogP contribution in [0.15, 0.2) is 31.0 Å². The van der Waals surface area contributed by atoms with Crippen LogP contribution in [0.2, 0.25) is 0 Å². The molecule has 108 valence electrons. The number of nitrogens with zero attached hydrogens (tertiary/aromatic N) is 1. The molecule has 1 amide bonds. The molecule has 1 unspecified atom stereocenters. The maximum atomic E-state index is 11.6. The molecule has 1 aromatic rings. The Hall–Kier alpha value is -1.88. The molecule has 1 aliphatic carbocycles. The van der Waals surface area contributed by atoms with Crippen molar-refractivity contribution in [2.45, 2.75) is 38.5 Å². The highest BCUT2D eigenvalue weighted by Gasteiger charge is 2.20. The minimum atomic E-state index is -0.549. The molecule has 2 N–H and O–H groups in total. The maximum Gasteiger partial charge on any atom is 0.261 e. The first-order chi connectivity index (χ1) is 9.69. The second kappa shape index (κ2) is 7.05. The van der Waals surface area contributed by atoms with Crippen molar-refractivity contribution in [1.29, 1.82) is 0 Å². The Labute approximate surface area is 119 Å². The Morgan fingerprint density at radius 3 is 3.00 bits per heavy atom. The summed E-state index contributed by atoms with van der Waals surface area (Å²) in [6.45, 7) is 6.48. The molecule has 1 saturated carbocycles. The van der Waals surface area contributed by atoms with Crippen LogP contribution >= 0.6 is 0 Å². The molecule has 2 rings (SSSR count). The molecule has 1 aliphatic rings. The number of hydrogen-bond acceptors (Lipinski definition) is 4. The van der Waals surface area contributed by atoms with Crippen molar-refractivity contribution in [3.63, 3.8) is 0 Å². The Morgan fingerprint density at radius 2 is 2.40 bits per heavy atom. The highest BCUT2D eigenvalue weighted by molar-refractivity contribution is 5.80. The standard InChI is InChI=1S/C15H21N3O2/c1-3-8-16-15(19)11(2)20-14-7-6-13(18-10-14)9-17-12-4-5-12/h3,6-7,10-12,17H,1,4-5,8-9H2,2H3,(H,16,19). The lowest BCUT2D eigenvalue weighted by atomic mass is 10.3. The van der Waals surface area contributed by atoms with Crippen LogP contribution in [0.3, 0.4) is 0 Å². The van der Waals surface area contributed by atoms with Gasteiger partial charge in [-0.15, -0.1) is 6.58 Å². The molecule has 0 aliphatic heterocycles.